The molecule has 1 saturated heterocycles. The third kappa shape index (κ3) is 2.57. The number of ketones is 1. The van der Waals surface area contributed by atoms with Gasteiger partial charge in [0.2, 0.25) is 0 Å². The first-order chi connectivity index (χ1) is 10.3. The van der Waals surface area contributed by atoms with E-state index >= 15 is 0 Å². The van der Waals surface area contributed by atoms with Gasteiger partial charge in [-0.15, -0.1) is 0 Å². The van der Waals surface area contributed by atoms with Gasteiger partial charge in [0.25, 0.3) is 0 Å². The largest absolute Gasteiger partial charge is 0.381 e. The molecule has 0 aliphatic carbocycles. The van der Waals surface area contributed by atoms with Crippen molar-refractivity contribution in [2.24, 2.45) is 0 Å². The SMILES string of the molecule is CCOC1(C(=O)c2cccc3ncccc23)CCOCC1. The number of Topliss-reactive ketones (excluding diaryl/α,β-unsaturated/α-hetero) is 1. The minimum Gasteiger partial charge on any atom is -0.381 e. The molecule has 3 rings (SSSR count). The number of rotatable bonds is 4. The van der Waals surface area contributed by atoms with E-state index in [9.17, 15) is 4.79 Å². The first-order valence-corrected chi connectivity index (χ1v) is 7.37. The Balaban J connectivity index is 2.06. The van der Waals surface area contributed by atoms with Gasteiger partial charge in [0, 0.05) is 49.8 Å². The van der Waals surface area contributed by atoms with Gasteiger partial charge in [-0.2, -0.15) is 0 Å². The molecule has 2 aromatic rings. The van der Waals surface area contributed by atoms with Gasteiger partial charge in [-0.3, -0.25) is 9.78 Å². The van der Waals surface area contributed by atoms with E-state index in [1.165, 1.54) is 0 Å². The minimum absolute atomic E-state index is 0.0475. The summed E-state index contributed by atoms with van der Waals surface area (Å²) in [4.78, 5) is 17.4. The first kappa shape index (κ1) is 14.2. The second-order valence-corrected chi connectivity index (χ2v) is 5.24. The highest BCUT2D eigenvalue weighted by atomic mass is 16.5. The Morgan fingerprint density at radius 2 is 2.10 bits per heavy atom. The van der Waals surface area contributed by atoms with Crippen LogP contribution in [0.2, 0.25) is 0 Å². The predicted octanol–water partition coefficient (Wildman–Crippen LogP) is 3.00. The van der Waals surface area contributed by atoms with Crippen LogP contribution < -0.4 is 0 Å². The average molecular weight is 285 g/mol. The molecule has 4 nitrogen and oxygen atoms in total. The van der Waals surface area contributed by atoms with Gasteiger partial charge in [0.05, 0.1) is 5.52 Å². The van der Waals surface area contributed by atoms with Crippen LogP contribution in [0.25, 0.3) is 10.9 Å². The third-order valence-electron chi connectivity index (χ3n) is 4.03. The summed E-state index contributed by atoms with van der Waals surface area (Å²) in [6.45, 7) is 3.58. The predicted molar refractivity (Wildman–Crippen MR) is 80.5 cm³/mol. The molecule has 0 atom stereocenters. The maximum Gasteiger partial charge on any atom is 0.195 e. The van der Waals surface area contributed by atoms with Crippen molar-refractivity contribution in [1.82, 2.24) is 4.98 Å². The number of carbonyl (C=O) groups is 1. The van der Waals surface area contributed by atoms with Crippen LogP contribution in [0.3, 0.4) is 0 Å². The lowest BCUT2D eigenvalue weighted by atomic mass is 9.84. The van der Waals surface area contributed by atoms with Gasteiger partial charge in [0.15, 0.2) is 5.78 Å². The number of pyridine rings is 1. The monoisotopic (exact) mass is 285 g/mol. The summed E-state index contributed by atoms with van der Waals surface area (Å²) in [6.07, 6.45) is 2.95. The summed E-state index contributed by atoms with van der Waals surface area (Å²) in [7, 11) is 0. The van der Waals surface area contributed by atoms with Gasteiger partial charge in [-0.25, -0.2) is 0 Å². The highest BCUT2D eigenvalue weighted by Crippen LogP contribution is 2.31. The molecule has 1 aliphatic rings. The van der Waals surface area contributed by atoms with Gasteiger partial charge in [0.1, 0.15) is 5.60 Å². The van der Waals surface area contributed by atoms with Crippen LogP contribution in [-0.2, 0) is 9.47 Å². The number of hydrogen-bond acceptors (Lipinski definition) is 4. The number of benzene rings is 1. The zero-order valence-electron chi connectivity index (χ0n) is 12.2. The number of carbonyl (C=O) groups excluding carboxylic acids is 1. The van der Waals surface area contributed by atoms with E-state index in [0.717, 1.165) is 10.9 Å². The fraction of sp³-hybridized carbons (Fsp3) is 0.412. The summed E-state index contributed by atoms with van der Waals surface area (Å²) in [5, 5.41) is 0.885. The van der Waals surface area contributed by atoms with E-state index in [0.29, 0.717) is 38.2 Å². The van der Waals surface area contributed by atoms with Crippen LogP contribution >= 0.6 is 0 Å². The summed E-state index contributed by atoms with van der Waals surface area (Å²) in [5.41, 5.74) is 0.773. The molecule has 110 valence electrons. The maximum absolute atomic E-state index is 13.1. The summed E-state index contributed by atoms with van der Waals surface area (Å²) < 4.78 is 11.3. The molecule has 1 fully saturated rings. The molecule has 1 aromatic heterocycles. The van der Waals surface area contributed by atoms with Crippen LogP contribution in [0.1, 0.15) is 30.1 Å². The van der Waals surface area contributed by atoms with E-state index in [-0.39, 0.29) is 5.78 Å². The van der Waals surface area contributed by atoms with E-state index in [1.807, 2.05) is 37.3 Å². The van der Waals surface area contributed by atoms with E-state index in [4.69, 9.17) is 9.47 Å². The number of hydrogen-bond donors (Lipinski definition) is 0. The van der Waals surface area contributed by atoms with Crippen molar-refractivity contribution < 1.29 is 14.3 Å². The lowest BCUT2D eigenvalue weighted by molar-refractivity contribution is -0.0821. The molecule has 4 heteroatoms. The average Bonchev–Trinajstić information content (AvgIpc) is 2.55. The first-order valence-electron chi connectivity index (χ1n) is 7.37. The van der Waals surface area contributed by atoms with Crippen molar-refractivity contribution in [1.29, 1.82) is 0 Å². The van der Waals surface area contributed by atoms with Crippen molar-refractivity contribution in [2.75, 3.05) is 19.8 Å². The van der Waals surface area contributed by atoms with Crippen LogP contribution in [0.5, 0.6) is 0 Å². The summed E-state index contributed by atoms with van der Waals surface area (Å²) in [5.74, 6) is 0.0475. The van der Waals surface area contributed by atoms with Crippen molar-refractivity contribution in [3.63, 3.8) is 0 Å². The molecule has 0 bridgehead atoms. The third-order valence-corrected chi connectivity index (χ3v) is 4.03. The summed E-state index contributed by atoms with van der Waals surface area (Å²) >= 11 is 0. The highest BCUT2D eigenvalue weighted by Gasteiger charge is 2.41. The Labute approximate surface area is 124 Å². The molecule has 0 amide bonds. The fourth-order valence-electron chi connectivity index (χ4n) is 2.96. The van der Waals surface area contributed by atoms with E-state index in [1.54, 1.807) is 6.20 Å². The molecule has 0 spiro atoms. The Hall–Kier alpha value is -1.78. The Morgan fingerprint density at radius 1 is 1.29 bits per heavy atom. The standard InChI is InChI=1S/C17H19NO3/c1-2-21-17(8-11-20-12-9-17)16(19)14-5-3-7-15-13(14)6-4-10-18-15/h3-7,10H,2,8-9,11-12H2,1H3. The lowest BCUT2D eigenvalue weighted by Gasteiger charge is -2.35. The molecule has 1 aliphatic heterocycles. The normalized spacial score (nSPS) is 17.8. The Morgan fingerprint density at radius 3 is 2.86 bits per heavy atom. The quantitative estimate of drug-likeness (QED) is 0.810. The molecular formula is C17H19NO3. The van der Waals surface area contributed by atoms with Gasteiger partial charge in [-0.1, -0.05) is 18.2 Å². The van der Waals surface area contributed by atoms with Gasteiger partial charge < -0.3 is 9.47 Å². The second kappa shape index (κ2) is 5.92. The Kier molecular flexibility index (Phi) is 3.99. The highest BCUT2D eigenvalue weighted by molar-refractivity contribution is 6.11. The topological polar surface area (TPSA) is 48.4 Å². The minimum atomic E-state index is -0.753. The van der Waals surface area contributed by atoms with E-state index in [2.05, 4.69) is 4.98 Å². The fourth-order valence-corrected chi connectivity index (χ4v) is 2.96. The lowest BCUT2D eigenvalue weighted by Crippen LogP contribution is -2.46. The van der Waals surface area contributed by atoms with Crippen LogP contribution in [0, 0.1) is 0 Å². The molecular weight excluding hydrogens is 266 g/mol. The number of aromatic nitrogens is 1. The molecule has 2 heterocycles. The zero-order valence-corrected chi connectivity index (χ0v) is 12.2. The van der Waals surface area contributed by atoms with Crippen molar-refractivity contribution >= 4 is 16.7 Å². The second-order valence-electron chi connectivity index (χ2n) is 5.24. The van der Waals surface area contributed by atoms with Crippen molar-refractivity contribution in [3.8, 4) is 0 Å². The smallest absolute Gasteiger partial charge is 0.195 e. The number of nitrogens with zero attached hydrogens (tertiary/aromatic N) is 1. The Bertz CT molecular complexity index is 637. The van der Waals surface area contributed by atoms with Crippen LogP contribution in [-0.4, -0.2) is 36.2 Å². The van der Waals surface area contributed by atoms with Crippen LogP contribution in [0.4, 0.5) is 0 Å². The number of ether oxygens (including phenoxy) is 2. The summed E-state index contributed by atoms with van der Waals surface area (Å²) in [6, 6.07) is 9.46. The van der Waals surface area contributed by atoms with Gasteiger partial charge in [-0.05, 0) is 19.1 Å². The number of fused-ring (bicyclic) bond motifs is 1. The van der Waals surface area contributed by atoms with E-state index < -0.39 is 5.60 Å². The van der Waals surface area contributed by atoms with Gasteiger partial charge >= 0.3 is 0 Å². The molecule has 21 heavy (non-hydrogen) atoms. The maximum atomic E-state index is 13.1. The van der Waals surface area contributed by atoms with Crippen molar-refractivity contribution in [3.05, 3.63) is 42.1 Å². The molecule has 0 radical (unpaired) electrons. The molecule has 0 unspecified atom stereocenters. The zero-order chi connectivity index (χ0) is 14.7. The molecule has 0 N–H and O–H groups in total. The molecule has 0 saturated carbocycles. The van der Waals surface area contributed by atoms with Crippen molar-refractivity contribution in [2.45, 2.75) is 25.4 Å². The molecule has 1 aromatic carbocycles. The van der Waals surface area contributed by atoms with Crippen LogP contribution in [0.15, 0.2) is 36.5 Å².